The third kappa shape index (κ3) is 2.95. The molecule has 1 unspecified atom stereocenters. The molecule has 0 aliphatic carbocycles. The zero-order valence-electron chi connectivity index (χ0n) is 11.9. The van der Waals surface area contributed by atoms with E-state index < -0.39 is 0 Å². The third-order valence-corrected chi connectivity index (χ3v) is 4.24. The molecule has 20 heavy (non-hydrogen) atoms. The first kappa shape index (κ1) is 15.2. The van der Waals surface area contributed by atoms with Gasteiger partial charge in [0.2, 0.25) is 0 Å². The summed E-state index contributed by atoms with van der Waals surface area (Å²) in [5, 5.41) is 1.22. The number of aromatic nitrogens is 1. The van der Waals surface area contributed by atoms with Crippen molar-refractivity contribution < 1.29 is 0 Å². The number of nitrogens with zero attached hydrogens (tertiary/aromatic N) is 2. The van der Waals surface area contributed by atoms with Crippen molar-refractivity contribution in [2.45, 2.75) is 19.9 Å². The minimum Gasteiger partial charge on any atom is -0.330 e. The first-order valence-electron chi connectivity index (χ1n) is 6.95. The largest absolute Gasteiger partial charge is 0.330 e. The molecule has 1 aliphatic rings. The summed E-state index contributed by atoms with van der Waals surface area (Å²) in [5.74, 6) is 0. The van der Waals surface area contributed by atoms with Gasteiger partial charge in [-0.05, 0) is 36.6 Å². The Balaban J connectivity index is 0.00000147. The van der Waals surface area contributed by atoms with Crippen LogP contribution in [0.3, 0.4) is 0 Å². The molecule has 108 valence electrons. The highest BCUT2D eigenvalue weighted by Gasteiger charge is 2.32. The Kier molecular flexibility index (Phi) is 4.63. The van der Waals surface area contributed by atoms with Crippen LogP contribution in [-0.2, 0) is 6.54 Å². The minimum atomic E-state index is 0. The van der Waals surface area contributed by atoms with E-state index in [1.807, 2.05) is 12.3 Å². The van der Waals surface area contributed by atoms with Crippen molar-refractivity contribution in [1.82, 2.24) is 9.88 Å². The Morgan fingerprint density at radius 3 is 2.85 bits per heavy atom. The van der Waals surface area contributed by atoms with E-state index in [-0.39, 0.29) is 17.8 Å². The highest BCUT2D eigenvalue weighted by Crippen LogP contribution is 2.30. The van der Waals surface area contributed by atoms with Crippen LogP contribution in [0.5, 0.6) is 0 Å². The number of fused-ring (bicyclic) bond motifs is 1. The summed E-state index contributed by atoms with van der Waals surface area (Å²) in [6, 6.07) is 10.6. The molecular weight excluding hydrogens is 270 g/mol. The first-order valence-corrected chi connectivity index (χ1v) is 6.95. The average Bonchev–Trinajstić information content (AvgIpc) is 2.82. The molecular formula is C16H22ClN3. The van der Waals surface area contributed by atoms with Crippen LogP contribution >= 0.6 is 12.4 Å². The van der Waals surface area contributed by atoms with Crippen LogP contribution in [0.4, 0.5) is 0 Å². The average molecular weight is 292 g/mol. The highest BCUT2D eigenvalue weighted by atomic mass is 35.5. The molecule has 1 aromatic carbocycles. The van der Waals surface area contributed by atoms with Crippen LogP contribution in [0.15, 0.2) is 36.5 Å². The summed E-state index contributed by atoms with van der Waals surface area (Å²) >= 11 is 0. The Hall–Kier alpha value is -1.16. The number of para-hydroxylation sites is 1. The number of nitrogens with two attached hydrogens (primary N) is 1. The molecule has 2 aromatic rings. The van der Waals surface area contributed by atoms with Gasteiger partial charge in [-0.15, -0.1) is 12.4 Å². The van der Waals surface area contributed by atoms with Gasteiger partial charge < -0.3 is 5.73 Å². The highest BCUT2D eigenvalue weighted by molar-refractivity contribution is 5.85. The molecule has 1 fully saturated rings. The van der Waals surface area contributed by atoms with Crippen LogP contribution in [0.1, 0.15) is 18.9 Å². The molecule has 3 rings (SSSR count). The fourth-order valence-corrected chi connectivity index (χ4v) is 2.96. The van der Waals surface area contributed by atoms with E-state index in [9.17, 15) is 0 Å². The molecule has 0 saturated carbocycles. The number of rotatable bonds is 3. The molecule has 0 spiro atoms. The zero-order chi connectivity index (χ0) is 13.3. The van der Waals surface area contributed by atoms with Gasteiger partial charge >= 0.3 is 0 Å². The predicted octanol–water partition coefficient (Wildman–Crippen LogP) is 2.83. The SMILES string of the molecule is CC1(CN)CCN(Cc2cccc3cccnc23)C1.Cl. The fraction of sp³-hybridized carbons (Fsp3) is 0.438. The number of likely N-dealkylation sites (tertiary alicyclic amines) is 1. The van der Waals surface area contributed by atoms with Gasteiger partial charge in [-0.2, -0.15) is 0 Å². The molecule has 1 atom stereocenters. The molecule has 2 N–H and O–H groups in total. The maximum atomic E-state index is 5.88. The number of benzene rings is 1. The molecule has 1 aliphatic heterocycles. The Bertz CT molecular complexity index is 581. The molecule has 4 heteroatoms. The molecule has 1 saturated heterocycles. The van der Waals surface area contributed by atoms with Crippen molar-refractivity contribution in [3.05, 3.63) is 42.1 Å². The Morgan fingerprint density at radius 1 is 1.30 bits per heavy atom. The Labute approximate surface area is 126 Å². The van der Waals surface area contributed by atoms with Crippen molar-refractivity contribution >= 4 is 23.3 Å². The predicted molar refractivity (Wildman–Crippen MR) is 86.0 cm³/mol. The molecule has 2 heterocycles. The summed E-state index contributed by atoms with van der Waals surface area (Å²) in [6.45, 7) is 6.26. The Morgan fingerprint density at radius 2 is 2.10 bits per heavy atom. The number of hydrogen-bond donors (Lipinski definition) is 1. The lowest BCUT2D eigenvalue weighted by atomic mass is 9.90. The molecule has 1 aromatic heterocycles. The van der Waals surface area contributed by atoms with Gasteiger partial charge in [0.15, 0.2) is 0 Å². The van der Waals surface area contributed by atoms with Gasteiger partial charge in [0.25, 0.3) is 0 Å². The number of pyridine rings is 1. The van der Waals surface area contributed by atoms with E-state index in [0.717, 1.165) is 31.7 Å². The normalized spacial score (nSPS) is 22.9. The lowest BCUT2D eigenvalue weighted by Crippen LogP contribution is -2.31. The fourth-order valence-electron chi connectivity index (χ4n) is 2.96. The lowest BCUT2D eigenvalue weighted by molar-refractivity contribution is 0.275. The van der Waals surface area contributed by atoms with E-state index in [0.29, 0.717) is 0 Å². The summed E-state index contributed by atoms with van der Waals surface area (Å²) in [7, 11) is 0. The monoisotopic (exact) mass is 291 g/mol. The van der Waals surface area contributed by atoms with Gasteiger partial charge in [0.05, 0.1) is 5.52 Å². The van der Waals surface area contributed by atoms with Gasteiger partial charge in [-0.25, -0.2) is 0 Å². The maximum absolute atomic E-state index is 5.88. The van der Waals surface area contributed by atoms with Crippen LogP contribution < -0.4 is 5.73 Å². The quantitative estimate of drug-likeness (QED) is 0.945. The van der Waals surface area contributed by atoms with Crippen LogP contribution in [0.25, 0.3) is 10.9 Å². The van der Waals surface area contributed by atoms with Gasteiger partial charge in [-0.3, -0.25) is 9.88 Å². The van der Waals surface area contributed by atoms with Crippen molar-refractivity contribution in [3.63, 3.8) is 0 Å². The van der Waals surface area contributed by atoms with Crippen molar-refractivity contribution in [3.8, 4) is 0 Å². The van der Waals surface area contributed by atoms with E-state index in [2.05, 4.69) is 41.1 Å². The molecule has 3 nitrogen and oxygen atoms in total. The maximum Gasteiger partial charge on any atom is 0.0746 e. The first-order chi connectivity index (χ1) is 9.20. The summed E-state index contributed by atoms with van der Waals surface area (Å²) in [5.41, 5.74) is 8.61. The van der Waals surface area contributed by atoms with Gasteiger partial charge in [0.1, 0.15) is 0 Å². The van der Waals surface area contributed by atoms with E-state index in [4.69, 9.17) is 5.73 Å². The standard InChI is InChI=1S/C16H21N3.ClH/c1-16(11-17)7-9-19(12-16)10-14-5-2-4-13-6-3-8-18-15(13)14;/h2-6,8H,7,9-12,17H2,1H3;1H. The molecule has 0 bridgehead atoms. The van der Waals surface area contributed by atoms with Crippen LogP contribution in [-0.4, -0.2) is 29.5 Å². The molecule has 0 amide bonds. The van der Waals surface area contributed by atoms with Crippen molar-refractivity contribution in [2.24, 2.45) is 11.1 Å². The van der Waals surface area contributed by atoms with E-state index >= 15 is 0 Å². The number of halogens is 1. The summed E-state index contributed by atoms with van der Waals surface area (Å²) in [4.78, 5) is 7.02. The van der Waals surface area contributed by atoms with E-state index in [1.54, 1.807) is 0 Å². The van der Waals surface area contributed by atoms with Crippen LogP contribution in [0.2, 0.25) is 0 Å². The van der Waals surface area contributed by atoms with E-state index in [1.165, 1.54) is 17.4 Å². The van der Waals surface area contributed by atoms with Crippen molar-refractivity contribution in [1.29, 1.82) is 0 Å². The number of hydrogen-bond acceptors (Lipinski definition) is 3. The third-order valence-electron chi connectivity index (χ3n) is 4.24. The molecule has 0 radical (unpaired) electrons. The summed E-state index contributed by atoms with van der Waals surface area (Å²) in [6.07, 6.45) is 3.07. The minimum absolute atomic E-state index is 0. The second kappa shape index (κ2) is 6.08. The zero-order valence-corrected chi connectivity index (χ0v) is 12.7. The van der Waals surface area contributed by atoms with Crippen molar-refractivity contribution in [2.75, 3.05) is 19.6 Å². The topological polar surface area (TPSA) is 42.1 Å². The second-order valence-electron chi connectivity index (χ2n) is 5.97. The smallest absolute Gasteiger partial charge is 0.0746 e. The lowest BCUT2D eigenvalue weighted by Gasteiger charge is -2.22. The second-order valence-corrected chi connectivity index (χ2v) is 5.97. The van der Waals surface area contributed by atoms with Gasteiger partial charge in [-0.1, -0.05) is 31.2 Å². The van der Waals surface area contributed by atoms with Gasteiger partial charge in [0, 0.05) is 24.7 Å². The summed E-state index contributed by atoms with van der Waals surface area (Å²) < 4.78 is 0. The van der Waals surface area contributed by atoms with Crippen LogP contribution in [0, 0.1) is 5.41 Å².